The maximum absolute atomic E-state index is 10.9. The van der Waals surface area contributed by atoms with E-state index in [0.29, 0.717) is 6.42 Å². The third-order valence-corrected chi connectivity index (χ3v) is 2.97. The highest BCUT2D eigenvalue weighted by Crippen LogP contribution is 2.39. The molecule has 0 heterocycles. The van der Waals surface area contributed by atoms with E-state index in [1.807, 2.05) is 0 Å². The van der Waals surface area contributed by atoms with E-state index in [1.54, 1.807) is 0 Å². The lowest BCUT2D eigenvalue weighted by Gasteiger charge is -2.33. The number of terminal acetylenes is 1. The molecule has 12 heavy (non-hydrogen) atoms. The maximum atomic E-state index is 10.9. The molecule has 1 heteroatoms. The smallest absolute Gasteiger partial charge is 0.127 e. The van der Waals surface area contributed by atoms with Crippen molar-refractivity contribution in [1.82, 2.24) is 0 Å². The van der Waals surface area contributed by atoms with Crippen LogP contribution < -0.4 is 0 Å². The van der Waals surface area contributed by atoms with Crippen molar-refractivity contribution in [2.45, 2.75) is 39.0 Å². The third-order valence-electron chi connectivity index (χ3n) is 2.97. The van der Waals surface area contributed by atoms with Crippen LogP contribution in [0.25, 0.3) is 0 Å². The second-order valence-corrected chi connectivity index (χ2v) is 4.04. The van der Waals surface area contributed by atoms with Crippen LogP contribution in [0.1, 0.15) is 39.0 Å². The number of carbonyl (C=O) groups is 1. The minimum Gasteiger partial charge on any atom is -0.303 e. The number of hydrogen-bond acceptors (Lipinski definition) is 1. The van der Waals surface area contributed by atoms with Crippen molar-refractivity contribution in [3.63, 3.8) is 0 Å². The van der Waals surface area contributed by atoms with Gasteiger partial charge in [-0.15, -0.1) is 12.3 Å². The van der Waals surface area contributed by atoms with Gasteiger partial charge >= 0.3 is 0 Å². The molecule has 0 saturated heterocycles. The molecule has 1 saturated carbocycles. The first-order valence-corrected chi connectivity index (χ1v) is 4.62. The Morgan fingerprint density at radius 1 is 1.58 bits per heavy atom. The summed E-state index contributed by atoms with van der Waals surface area (Å²) in [4.78, 5) is 10.9. The van der Waals surface area contributed by atoms with Crippen molar-refractivity contribution in [2.24, 2.45) is 11.3 Å². The second-order valence-electron chi connectivity index (χ2n) is 4.04. The Balaban J connectivity index is 2.58. The van der Waals surface area contributed by atoms with Crippen LogP contribution in [0.15, 0.2) is 0 Å². The van der Waals surface area contributed by atoms with Gasteiger partial charge < -0.3 is 4.79 Å². The molecule has 0 aromatic carbocycles. The van der Waals surface area contributed by atoms with Crippen molar-refractivity contribution in [1.29, 1.82) is 0 Å². The molecule has 0 unspecified atom stereocenters. The molecule has 0 radical (unpaired) electrons. The van der Waals surface area contributed by atoms with Gasteiger partial charge in [0, 0.05) is 11.8 Å². The van der Waals surface area contributed by atoms with Gasteiger partial charge in [-0.1, -0.05) is 6.92 Å². The molecule has 0 bridgehead atoms. The van der Waals surface area contributed by atoms with Gasteiger partial charge in [-0.2, -0.15) is 0 Å². The largest absolute Gasteiger partial charge is 0.303 e. The molecule has 0 N–H and O–H groups in total. The molecule has 1 aliphatic rings. The van der Waals surface area contributed by atoms with E-state index in [1.165, 1.54) is 0 Å². The predicted octanol–water partition coefficient (Wildman–Crippen LogP) is 2.41. The minimum absolute atomic E-state index is 0.165. The van der Waals surface area contributed by atoms with E-state index in [4.69, 9.17) is 6.42 Å². The Bertz CT molecular complexity index is 192. The minimum atomic E-state index is -0.165. The summed E-state index contributed by atoms with van der Waals surface area (Å²) < 4.78 is 0. The summed E-state index contributed by atoms with van der Waals surface area (Å²) in [5.41, 5.74) is -0.165. The summed E-state index contributed by atoms with van der Waals surface area (Å²) in [7, 11) is 0. The summed E-state index contributed by atoms with van der Waals surface area (Å²) in [5, 5.41) is 0. The third kappa shape index (κ3) is 1.88. The van der Waals surface area contributed by atoms with Crippen molar-refractivity contribution < 1.29 is 4.79 Å². The first-order valence-electron chi connectivity index (χ1n) is 4.62. The average molecular weight is 164 g/mol. The van der Waals surface area contributed by atoms with Gasteiger partial charge in [0.2, 0.25) is 0 Å². The highest BCUT2D eigenvalue weighted by Gasteiger charge is 2.32. The van der Waals surface area contributed by atoms with Crippen LogP contribution in [0.5, 0.6) is 0 Å². The van der Waals surface area contributed by atoms with Gasteiger partial charge in [0.15, 0.2) is 0 Å². The van der Waals surface area contributed by atoms with Crippen LogP contribution in [-0.2, 0) is 4.79 Å². The number of carbonyl (C=O) groups excluding carboxylic acids is 1. The van der Waals surface area contributed by atoms with Crippen LogP contribution in [0, 0.1) is 23.7 Å². The Hall–Kier alpha value is -0.770. The molecule has 0 spiro atoms. The lowest BCUT2D eigenvalue weighted by Crippen LogP contribution is -2.27. The molecule has 66 valence electrons. The summed E-state index contributed by atoms with van der Waals surface area (Å²) in [6.45, 7) is 2.24. The Morgan fingerprint density at radius 3 is 2.58 bits per heavy atom. The van der Waals surface area contributed by atoms with Crippen LogP contribution in [0.2, 0.25) is 0 Å². The summed E-state index contributed by atoms with van der Waals surface area (Å²) in [6, 6.07) is 0. The van der Waals surface area contributed by atoms with E-state index >= 15 is 0 Å². The molecule has 1 nitrogen and oxygen atoms in total. The van der Waals surface area contributed by atoms with Gasteiger partial charge in [-0.25, -0.2) is 0 Å². The van der Waals surface area contributed by atoms with Crippen molar-refractivity contribution in [2.75, 3.05) is 0 Å². The molecule has 0 aliphatic heterocycles. The molecule has 0 aromatic heterocycles. The van der Waals surface area contributed by atoms with E-state index < -0.39 is 0 Å². The molecule has 0 atom stereocenters. The van der Waals surface area contributed by atoms with Gasteiger partial charge in [0.05, 0.1) is 0 Å². The molecular formula is C11H16O. The number of aldehydes is 1. The number of hydrogen-bond donors (Lipinski definition) is 0. The van der Waals surface area contributed by atoms with Crippen molar-refractivity contribution >= 4 is 6.29 Å². The van der Waals surface area contributed by atoms with Gasteiger partial charge in [-0.3, -0.25) is 0 Å². The lowest BCUT2D eigenvalue weighted by molar-refractivity contribution is -0.118. The van der Waals surface area contributed by atoms with Crippen molar-refractivity contribution in [3.8, 4) is 12.3 Å². The van der Waals surface area contributed by atoms with Crippen molar-refractivity contribution in [3.05, 3.63) is 0 Å². The fraction of sp³-hybridized carbons (Fsp3) is 0.727. The first kappa shape index (κ1) is 9.32. The normalized spacial score (nSPS) is 35.5. The fourth-order valence-corrected chi connectivity index (χ4v) is 1.88. The van der Waals surface area contributed by atoms with Gasteiger partial charge in [-0.05, 0) is 31.6 Å². The van der Waals surface area contributed by atoms with Crippen LogP contribution in [0.3, 0.4) is 0 Å². The van der Waals surface area contributed by atoms with Gasteiger partial charge in [0.25, 0.3) is 0 Å². The molecule has 1 fully saturated rings. The van der Waals surface area contributed by atoms with E-state index in [-0.39, 0.29) is 5.41 Å². The Morgan fingerprint density at radius 2 is 2.17 bits per heavy atom. The zero-order valence-electron chi connectivity index (χ0n) is 7.68. The second kappa shape index (κ2) is 3.76. The van der Waals surface area contributed by atoms with E-state index in [9.17, 15) is 4.79 Å². The Kier molecular flexibility index (Phi) is 2.92. The molecular weight excluding hydrogens is 148 g/mol. The SMILES string of the molecule is C#CCC1(C=O)CCC(C)CC1. The zero-order valence-corrected chi connectivity index (χ0v) is 7.68. The van der Waals surface area contributed by atoms with Gasteiger partial charge in [0.1, 0.15) is 6.29 Å². The summed E-state index contributed by atoms with van der Waals surface area (Å²) in [5.74, 6) is 3.39. The maximum Gasteiger partial charge on any atom is 0.127 e. The molecule has 0 aromatic rings. The number of rotatable bonds is 2. The zero-order chi connectivity index (χ0) is 9.03. The average Bonchev–Trinajstić information content (AvgIpc) is 2.10. The monoisotopic (exact) mass is 164 g/mol. The van der Waals surface area contributed by atoms with E-state index in [0.717, 1.165) is 37.9 Å². The summed E-state index contributed by atoms with van der Waals surface area (Å²) >= 11 is 0. The highest BCUT2D eigenvalue weighted by molar-refractivity contribution is 5.60. The molecule has 1 aliphatic carbocycles. The van der Waals surface area contributed by atoms with E-state index in [2.05, 4.69) is 12.8 Å². The lowest BCUT2D eigenvalue weighted by atomic mass is 9.70. The quantitative estimate of drug-likeness (QED) is 0.452. The van der Waals surface area contributed by atoms with Crippen LogP contribution in [-0.4, -0.2) is 6.29 Å². The molecule has 0 amide bonds. The standard InChI is InChI=1S/C11H16O/c1-3-6-11(9-12)7-4-10(2)5-8-11/h1,9-10H,4-8H2,2H3. The first-order chi connectivity index (χ1) is 5.72. The fourth-order valence-electron chi connectivity index (χ4n) is 1.88. The predicted molar refractivity (Wildman–Crippen MR) is 49.6 cm³/mol. The summed E-state index contributed by atoms with van der Waals surface area (Å²) in [6.07, 6.45) is 11.2. The van der Waals surface area contributed by atoms with Crippen LogP contribution in [0.4, 0.5) is 0 Å². The topological polar surface area (TPSA) is 17.1 Å². The Labute approximate surface area is 74.5 Å². The highest BCUT2D eigenvalue weighted by atomic mass is 16.1. The van der Waals surface area contributed by atoms with Crippen LogP contribution >= 0.6 is 0 Å². The molecule has 1 rings (SSSR count).